The molecule has 0 saturated heterocycles. The zero-order valence-electron chi connectivity index (χ0n) is 15.3. The predicted octanol–water partition coefficient (Wildman–Crippen LogP) is 2.80. The Bertz CT molecular complexity index is 667. The van der Waals surface area contributed by atoms with E-state index in [0.717, 1.165) is 17.6 Å². The fourth-order valence-electron chi connectivity index (χ4n) is 2.25. The van der Waals surface area contributed by atoms with Gasteiger partial charge in [-0.25, -0.2) is 8.42 Å². The lowest BCUT2D eigenvalue weighted by Crippen LogP contribution is -2.48. The highest BCUT2D eigenvalue weighted by molar-refractivity contribution is 8.00. The fraction of sp³-hybridized carbons (Fsp3) is 0.588. The highest BCUT2D eigenvalue weighted by Crippen LogP contribution is 2.23. The third-order valence-corrected chi connectivity index (χ3v) is 5.80. The van der Waals surface area contributed by atoms with Crippen molar-refractivity contribution in [2.24, 2.45) is 0 Å². The number of hydrogen-bond donors (Lipinski definition) is 1. The number of sulfonamides is 1. The first kappa shape index (κ1) is 20.8. The molecule has 1 aromatic carbocycles. The molecule has 0 aliphatic carbocycles. The highest BCUT2D eigenvalue weighted by Gasteiger charge is 2.29. The molecule has 0 aromatic heterocycles. The lowest BCUT2D eigenvalue weighted by molar-refractivity contribution is -0.121. The number of hydrogen-bond acceptors (Lipinski definition) is 4. The van der Waals surface area contributed by atoms with Crippen molar-refractivity contribution >= 4 is 33.4 Å². The average Bonchev–Trinajstić information content (AvgIpc) is 2.41. The van der Waals surface area contributed by atoms with Crippen LogP contribution in [0.4, 0.5) is 5.69 Å². The van der Waals surface area contributed by atoms with E-state index in [-0.39, 0.29) is 10.7 Å². The van der Waals surface area contributed by atoms with Gasteiger partial charge < -0.3 is 5.32 Å². The smallest absolute Gasteiger partial charge is 0.243 e. The van der Waals surface area contributed by atoms with Gasteiger partial charge >= 0.3 is 0 Å². The van der Waals surface area contributed by atoms with Crippen molar-refractivity contribution in [3.8, 4) is 0 Å². The van der Waals surface area contributed by atoms with Crippen molar-refractivity contribution < 1.29 is 13.2 Å². The van der Waals surface area contributed by atoms with E-state index >= 15 is 0 Å². The molecular weight excluding hydrogens is 344 g/mol. The number of carbonyl (C=O) groups is 1. The van der Waals surface area contributed by atoms with Crippen LogP contribution in [0.3, 0.4) is 0 Å². The molecule has 7 heteroatoms. The van der Waals surface area contributed by atoms with Gasteiger partial charge in [0.1, 0.15) is 6.04 Å². The number of anilines is 1. The second kappa shape index (κ2) is 8.25. The number of amides is 1. The minimum atomic E-state index is -3.57. The third kappa shape index (κ3) is 6.73. The standard InChI is InChI=1S/C17H28N2O3S2/c1-13-8-7-9-15(12-13)19(24(6,21)22)14(2)16(20)18-10-11-23-17(3,4)5/h7-9,12,14H,10-11H2,1-6H3,(H,18,20)/t14-/m1/s1. The summed E-state index contributed by atoms with van der Waals surface area (Å²) in [6, 6.07) is 6.33. The monoisotopic (exact) mass is 372 g/mol. The molecule has 0 aliphatic heterocycles. The quantitative estimate of drug-likeness (QED) is 0.748. The maximum atomic E-state index is 12.4. The minimum absolute atomic E-state index is 0.136. The number of aryl methyl sites for hydroxylation is 1. The molecule has 1 rings (SSSR count). The van der Waals surface area contributed by atoms with Crippen molar-refractivity contribution in [3.05, 3.63) is 29.8 Å². The van der Waals surface area contributed by atoms with Crippen LogP contribution in [0.25, 0.3) is 0 Å². The molecule has 24 heavy (non-hydrogen) atoms. The molecule has 0 saturated carbocycles. The molecule has 1 atom stereocenters. The van der Waals surface area contributed by atoms with Crippen LogP contribution >= 0.6 is 11.8 Å². The van der Waals surface area contributed by atoms with Crippen molar-refractivity contribution in [1.29, 1.82) is 0 Å². The number of benzene rings is 1. The molecule has 0 spiro atoms. The normalized spacial score (nSPS) is 13.4. The van der Waals surface area contributed by atoms with E-state index in [1.807, 2.05) is 13.0 Å². The molecular formula is C17H28N2O3S2. The number of carbonyl (C=O) groups excluding carboxylic acids is 1. The molecule has 0 aliphatic rings. The van der Waals surface area contributed by atoms with E-state index in [2.05, 4.69) is 26.1 Å². The van der Waals surface area contributed by atoms with Crippen LogP contribution in [0.5, 0.6) is 0 Å². The summed E-state index contributed by atoms with van der Waals surface area (Å²) in [5.74, 6) is 0.488. The van der Waals surface area contributed by atoms with Gasteiger partial charge in [0.25, 0.3) is 0 Å². The molecule has 0 heterocycles. The van der Waals surface area contributed by atoms with E-state index in [9.17, 15) is 13.2 Å². The molecule has 0 bridgehead atoms. The zero-order valence-corrected chi connectivity index (χ0v) is 16.9. The van der Waals surface area contributed by atoms with E-state index in [1.165, 1.54) is 4.31 Å². The Labute approximate surface area is 150 Å². The molecule has 1 amide bonds. The highest BCUT2D eigenvalue weighted by atomic mass is 32.2. The first-order valence-electron chi connectivity index (χ1n) is 7.89. The fourth-order valence-corrected chi connectivity index (χ4v) is 4.24. The molecule has 136 valence electrons. The van der Waals surface area contributed by atoms with Crippen molar-refractivity contribution in [2.45, 2.75) is 45.4 Å². The number of rotatable bonds is 7. The van der Waals surface area contributed by atoms with Gasteiger partial charge in [0.15, 0.2) is 0 Å². The number of nitrogens with zero attached hydrogens (tertiary/aromatic N) is 1. The second-order valence-corrected chi connectivity index (χ2v) is 10.6. The van der Waals surface area contributed by atoms with Gasteiger partial charge in [0, 0.05) is 17.0 Å². The maximum Gasteiger partial charge on any atom is 0.243 e. The largest absolute Gasteiger partial charge is 0.353 e. The van der Waals surface area contributed by atoms with Gasteiger partial charge in [-0.15, -0.1) is 0 Å². The Hall–Kier alpha value is -1.21. The second-order valence-electron chi connectivity index (χ2n) is 6.83. The minimum Gasteiger partial charge on any atom is -0.353 e. The summed E-state index contributed by atoms with van der Waals surface area (Å²) in [5, 5.41) is 2.83. The maximum absolute atomic E-state index is 12.4. The average molecular weight is 373 g/mol. The van der Waals surface area contributed by atoms with Crippen LogP contribution in [-0.4, -0.2) is 43.7 Å². The zero-order chi connectivity index (χ0) is 18.5. The van der Waals surface area contributed by atoms with E-state index in [1.54, 1.807) is 36.9 Å². The third-order valence-electron chi connectivity index (χ3n) is 3.28. The van der Waals surface area contributed by atoms with Crippen LogP contribution in [0.2, 0.25) is 0 Å². The number of thioether (sulfide) groups is 1. The summed E-state index contributed by atoms with van der Waals surface area (Å²) in [7, 11) is -3.57. The van der Waals surface area contributed by atoms with Gasteiger partial charge in [0.2, 0.25) is 15.9 Å². The molecule has 1 N–H and O–H groups in total. The van der Waals surface area contributed by atoms with Gasteiger partial charge in [-0.05, 0) is 31.5 Å². The summed E-state index contributed by atoms with van der Waals surface area (Å²) in [6.07, 6.45) is 1.12. The first-order valence-corrected chi connectivity index (χ1v) is 10.7. The van der Waals surface area contributed by atoms with Crippen LogP contribution in [0.1, 0.15) is 33.3 Å². The van der Waals surface area contributed by atoms with E-state index in [4.69, 9.17) is 0 Å². The van der Waals surface area contributed by atoms with Gasteiger partial charge in [-0.3, -0.25) is 9.10 Å². The van der Waals surface area contributed by atoms with E-state index in [0.29, 0.717) is 12.2 Å². The summed E-state index contributed by atoms with van der Waals surface area (Å²) in [5.41, 5.74) is 1.44. The summed E-state index contributed by atoms with van der Waals surface area (Å²) < 4.78 is 25.7. The van der Waals surface area contributed by atoms with Crippen LogP contribution < -0.4 is 9.62 Å². The molecule has 0 unspecified atom stereocenters. The van der Waals surface area contributed by atoms with Crippen LogP contribution in [0, 0.1) is 6.92 Å². The Morgan fingerprint density at radius 2 is 1.96 bits per heavy atom. The Morgan fingerprint density at radius 3 is 2.46 bits per heavy atom. The predicted molar refractivity (Wildman–Crippen MR) is 103 cm³/mol. The summed E-state index contributed by atoms with van der Waals surface area (Å²) >= 11 is 1.75. The van der Waals surface area contributed by atoms with Gasteiger partial charge in [-0.1, -0.05) is 32.9 Å². The van der Waals surface area contributed by atoms with Crippen molar-refractivity contribution in [3.63, 3.8) is 0 Å². The lowest BCUT2D eigenvalue weighted by atomic mass is 10.2. The van der Waals surface area contributed by atoms with Gasteiger partial charge in [-0.2, -0.15) is 11.8 Å². The first-order chi connectivity index (χ1) is 10.9. The molecule has 5 nitrogen and oxygen atoms in total. The Kier molecular flexibility index (Phi) is 7.16. The van der Waals surface area contributed by atoms with Crippen molar-refractivity contribution in [1.82, 2.24) is 5.32 Å². The summed E-state index contributed by atoms with van der Waals surface area (Å²) in [4.78, 5) is 12.4. The Morgan fingerprint density at radius 1 is 1.33 bits per heavy atom. The SMILES string of the molecule is Cc1cccc(N([C@H](C)C(=O)NCCSC(C)(C)C)S(C)(=O)=O)c1. The van der Waals surface area contributed by atoms with Crippen molar-refractivity contribution in [2.75, 3.05) is 22.9 Å². The molecule has 1 aromatic rings. The molecule has 0 radical (unpaired) electrons. The molecule has 0 fully saturated rings. The van der Waals surface area contributed by atoms with E-state index < -0.39 is 16.1 Å². The lowest BCUT2D eigenvalue weighted by Gasteiger charge is -2.28. The van der Waals surface area contributed by atoms with Gasteiger partial charge in [0.05, 0.1) is 11.9 Å². The summed E-state index contributed by atoms with van der Waals surface area (Å²) in [6.45, 7) is 10.4. The van der Waals surface area contributed by atoms with Crippen LogP contribution in [0.15, 0.2) is 24.3 Å². The topological polar surface area (TPSA) is 66.5 Å². The number of nitrogens with one attached hydrogen (secondary N) is 1. The van der Waals surface area contributed by atoms with Crippen LogP contribution in [-0.2, 0) is 14.8 Å². The Balaban J connectivity index is 2.82.